The predicted octanol–water partition coefficient (Wildman–Crippen LogP) is 2.43. The Bertz CT molecular complexity index is 701. The molecule has 6 nitrogen and oxygen atoms in total. The minimum Gasteiger partial charge on any atom is -0.497 e. The van der Waals surface area contributed by atoms with Crippen molar-refractivity contribution in [1.29, 1.82) is 0 Å². The molecule has 1 aliphatic rings. The minimum atomic E-state index is -0.436. The van der Waals surface area contributed by atoms with Gasteiger partial charge in [-0.15, -0.1) is 0 Å². The van der Waals surface area contributed by atoms with E-state index in [0.717, 1.165) is 48.5 Å². The lowest BCUT2D eigenvalue weighted by atomic mass is 9.74. The molecule has 1 fully saturated rings. The molecular weight excluding hydrogens is 330 g/mol. The molecule has 2 aromatic rings. The number of rotatable bonds is 7. The number of aromatic amines is 1. The third-order valence-electron chi connectivity index (χ3n) is 5.52. The molecule has 1 aromatic carbocycles. The van der Waals surface area contributed by atoms with Gasteiger partial charge < -0.3 is 14.9 Å². The summed E-state index contributed by atoms with van der Waals surface area (Å²) in [6.45, 7) is 4.39. The van der Waals surface area contributed by atoms with Crippen LogP contribution in [0.15, 0.2) is 30.5 Å². The van der Waals surface area contributed by atoms with Gasteiger partial charge in [0, 0.05) is 36.2 Å². The average molecular weight is 359 g/mol. The topological polar surface area (TPSA) is 81.6 Å². The van der Waals surface area contributed by atoms with Gasteiger partial charge in [-0.25, -0.2) is 0 Å². The number of aromatic nitrogens is 2. The predicted molar refractivity (Wildman–Crippen MR) is 101 cm³/mol. The number of benzene rings is 1. The summed E-state index contributed by atoms with van der Waals surface area (Å²) in [6.07, 6.45) is 3.90. The molecule has 3 rings (SSSR count). The molecule has 0 unspecified atom stereocenters. The van der Waals surface area contributed by atoms with Crippen molar-refractivity contribution in [2.75, 3.05) is 26.8 Å². The van der Waals surface area contributed by atoms with Crippen LogP contribution in [0.2, 0.25) is 0 Å². The number of ether oxygens (including phenoxy) is 1. The highest BCUT2D eigenvalue weighted by molar-refractivity contribution is 5.63. The molecule has 26 heavy (non-hydrogen) atoms. The number of hydrogen-bond donors (Lipinski definition) is 3. The van der Waals surface area contributed by atoms with Crippen molar-refractivity contribution in [1.82, 2.24) is 15.1 Å². The molecule has 0 spiro atoms. The van der Waals surface area contributed by atoms with Crippen molar-refractivity contribution in [3.8, 4) is 17.0 Å². The third-order valence-corrected chi connectivity index (χ3v) is 5.52. The standard InChI is InChI=1S/C20H29N3O3/c1-3-9-20(14-24)13-23(10-8-18(20)25)12-16-11-21-22-19(16)15-4-6-17(26-2)7-5-15/h4-7,11,18,24-25H,3,8-10,12-14H2,1-2H3,(H,21,22)/t18-,20-/m0/s1. The first kappa shape index (κ1) is 18.9. The third kappa shape index (κ3) is 3.77. The zero-order valence-corrected chi connectivity index (χ0v) is 15.6. The number of nitrogens with zero attached hydrogens (tertiary/aromatic N) is 2. The first-order valence-electron chi connectivity index (χ1n) is 9.30. The molecule has 2 heterocycles. The van der Waals surface area contributed by atoms with Gasteiger partial charge in [-0.3, -0.25) is 10.00 Å². The van der Waals surface area contributed by atoms with Crippen LogP contribution in [0.3, 0.4) is 0 Å². The van der Waals surface area contributed by atoms with Crippen LogP contribution in [0.4, 0.5) is 0 Å². The molecule has 2 atom stereocenters. The van der Waals surface area contributed by atoms with E-state index in [-0.39, 0.29) is 6.61 Å². The van der Waals surface area contributed by atoms with Crippen molar-refractivity contribution in [2.24, 2.45) is 5.41 Å². The molecule has 1 aliphatic heterocycles. The minimum absolute atomic E-state index is 0.0230. The number of likely N-dealkylation sites (tertiary alicyclic amines) is 1. The van der Waals surface area contributed by atoms with Crippen LogP contribution >= 0.6 is 0 Å². The van der Waals surface area contributed by atoms with Gasteiger partial charge in [-0.2, -0.15) is 5.10 Å². The van der Waals surface area contributed by atoms with Crippen molar-refractivity contribution in [2.45, 2.75) is 38.8 Å². The zero-order chi connectivity index (χ0) is 18.6. The first-order chi connectivity index (χ1) is 12.6. The second-order valence-corrected chi connectivity index (χ2v) is 7.28. The Morgan fingerprint density at radius 2 is 2.12 bits per heavy atom. The zero-order valence-electron chi connectivity index (χ0n) is 15.6. The van der Waals surface area contributed by atoms with Crippen molar-refractivity contribution in [3.63, 3.8) is 0 Å². The van der Waals surface area contributed by atoms with E-state index in [9.17, 15) is 10.2 Å². The summed E-state index contributed by atoms with van der Waals surface area (Å²) >= 11 is 0. The molecule has 0 amide bonds. The lowest BCUT2D eigenvalue weighted by Crippen LogP contribution is -2.53. The van der Waals surface area contributed by atoms with E-state index in [0.29, 0.717) is 13.0 Å². The summed E-state index contributed by atoms with van der Waals surface area (Å²) in [5.74, 6) is 0.826. The Balaban J connectivity index is 1.76. The fourth-order valence-electron chi connectivity index (χ4n) is 4.03. The van der Waals surface area contributed by atoms with Crippen LogP contribution in [-0.2, 0) is 6.54 Å². The van der Waals surface area contributed by atoms with Crippen LogP contribution in [0, 0.1) is 5.41 Å². The summed E-state index contributed by atoms with van der Waals surface area (Å²) < 4.78 is 5.23. The SMILES string of the molecule is CCC[C@@]1(CO)CN(Cc2cn[nH]c2-c2ccc(OC)cc2)CC[C@@H]1O. The Labute approximate surface area is 154 Å². The normalized spacial score (nSPS) is 23.9. The van der Waals surface area contributed by atoms with E-state index >= 15 is 0 Å². The van der Waals surface area contributed by atoms with E-state index in [1.165, 1.54) is 0 Å². The highest BCUT2D eigenvalue weighted by Gasteiger charge is 2.41. The Hall–Kier alpha value is -1.89. The number of methoxy groups -OCH3 is 1. The van der Waals surface area contributed by atoms with Crippen LogP contribution in [0.25, 0.3) is 11.3 Å². The monoisotopic (exact) mass is 359 g/mol. The summed E-state index contributed by atoms with van der Waals surface area (Å²) in [7, 11) is 1.66. The molecule has 3 N–H and O–H groups in total. The first-order valence-corrected chi connectivity index (χ1v) is 9.30. The van der Waals surface area contributed by atoms with E-state index in [1.54, 1.807) is 7.11 Å². The number of aliphatic hydroxyl groups is 2. The van der Waals surface area contributed by atoms with E-state index in [4.69, 9.17) is 4.74 Å². The molecule has 6 heteroatoms. The molecular formula is C20H29N3O3. The van der Waals surface area contributed by atoms with Gasteiger partial charge in [0.25, 0.3) is 0 Å². The highest BCUT2D eigenvalue weighted by Crippen LogP contribution is 2.36. The smallest absolute Gasteiger partial charge is 0.118 e. The summed E-state index contributed by atoms with van der Waals surface area (Å²) in [6, 6.07) is 7.92. The Kier molecular flexibility index (Phi) is 5.96. The largest absolute Gasteiger partial charge is 0.497 e. The molecule has 0 aliphatic carbocycles. The molecule has 1 saturated heterocycles. The number of H-pyrrole nitrogens is 1. The molecule has 142 valence electrons. The summed E-state index contributed by atoms with van der Waals surface area (Å²) in [5, 5.41) is 27.7. The second kappa shape index (κ2) is 8.20. The lowest BCUT2D eigenvalue weighted by Gasteiger charge is -2.45. The lowest BCUT2D eigenvalue weighted by molar-refractivity contribution is -0.0819. The van der Waals surface area contributed by atoms with Crippen molar-refractivity contribution < 1.29 is 14.9 Å². The maximum atomic E-state index is 10.5. The van der Waals surface area contributed by atoms with Gasteiger partial charge >= 0.3 is 0 Å². The number of nitrogens with one attached hydrogen (secondary N) is 1. The second-order valence-electron chi connectivity index (χ2n) is 7.28. The van der Waals surface area contributed by atoms with Crippen molar-refractivity contribution in [3.05, 3.63) is 36.0 Å². The number of piperidine rings is 1. The van der Waals surface area contributed by atoms with E-state index in [2.05, 4.69) is 22.0 Å². The average Bonchev–Trinajstić information content (AvgIpc) is 3.13. The van der Waals surface area contributed by atoms with Crippen molar-refractivity contribution >= 4 is 0 Å². The van der Waals surface area contributed by atoms with Gasteiger partial charge in [0.2, 0.25) is 0 Å². The molecule has 0 bridgehead atoms. The van der Waals surface area contributed by atoms with Gasteiger partial charge in [0.15, 0.2) is 0 Å². The summed E-state index contributed by atoms with van der Waals surface area (Å²) in [5.41, 5.74) is 2.77. The molecule has 0 saturated carbocycles. The summed E-state index contributed by atoms with van der Waals surface area (Å²) in [4.78, 5) is 2.32. The molecule has 0 radical (unpaired) electrons. The quantitative estimate of drug-likeness (QED) is 0.707. The number of aliphatic hydroxyl groups excluding tert-OH is 2. The maximum Gasteiger partial charge on any atom is 0.118 e. The fraction of sp³-hybridized carbons (Fsp3) is 0.550. The number of hydrogen-bond acceptors (Lipinski definition) is 5. The Morgan fingerprint density at radius 3 is 2.77 bits per heavy atom. The highest BCUT2D eigenvalue weighted by atomic mass is 16.5. The van der Waals surface area contributed by atoms with Crippen LogP contribution < -0.4 is 4.74 Å². The van der Waals surface area contributed by atoms with Crippen LogP contribution in [0.5, 0.6) is 5.75 Å². The van der Waals surface area contributed by atoms with Crippen LogP contribution in [-0.4, -0.2) is 58.2 Å². The maximum absolute atomic E-state index is 10.5. The molecule has 1 aromatic heterocycles. The van der Waals surface area contributed by atoms with Gasteiger partial charge in [-0.05, 0) is 37.1 Å². The Morgan fingerprint density at radius 1 is 1.35 bits per heavy atom. The van der Waals surface area contributed by atoms with Gasteiger partial charge in [0.1, 0.15) is 5.75 Å². The van der Waals surface area contributed by atoms with E-state index in [1.807, 2.05) is 30.5 Å². The van der Waals surface area contributed by atoms with Gasteiger partial charge in [0.05, 0.1) is 31.7 Å². The van der Waals surface area contributed by atoms with Crippen LogP contribution in [0.1, 0.15) is 31.7 Å². The van der Waals surface area contributed by atoms with E-state index < -0.39 is 11.5 Å². The van der Waals surface area contributed by atoms with Gasteiger partial charge in [-0.1, -0.05) is 13.3 Å². The fourth-order valence-corrected chi connectivity index (χ4v) is 4.03.